The first-order valence-corrected chi connectivity index (χ1v) is 16.7. The Morgan fingerprint density at radius 3 is 1.92 bits per heavy atom. The van der Waals surface area contributed by atoms with Crippen molar-refractivity contribution in [2.24, 2.45) is 0 Å². The molecule has 1 N–H and O–H groups in total. The fraction of sp³-hybridized carbons (Fsp3) is 0.0222. The molecule has 0 amide bonds. The predicted molar refractivity (Wildman–Crippen MR) is 205 cm³/mol. The van der Waals surface area contributed by atoms with Crippen molar-refractivity contribution in [2.75, 3.05) is 6.54 Å². The number of benzene rings is 7. The molecule has 0 spiro atoms. The molecule has 9 aromatic rings. The molecule has 1 aliphatic heterocycles. The molecule has 0 aliphatic carbocycles. The number of aromatic nitrogens is 3. The van der Waals surface area contributed by atoms with Crippen molar-refractivity contribution in [3.8, 4) is 27.9 Å². The summed E-state index contributed by atoms with van der Waals surface area (Å²) >= 11 is 0. The summed E-state index contributed by atoms with van der Waals surface area (Å²) in [7, 11) is 0. The third kappa shape index (κ3) is 4.45. The van der Waals surface area contributed by atoms with Gasteiger partial charge in [0.25, 0.3) is 0 Å². The number of nitrogens with zero attached hydrogens (tertiary/aromatic N) is 3. The van der Waals surface area contributed by atoms with E-state index >= 15 is 0 Å². The van der Waals surface area contributed by atoms with E-state index in [9.17, 15) is 0 Å². The lowest BCUT2D eigenvalue weighted by Gasteiger charge is -2.16. The Morgan fingerprint density at radius 1 is 0.531 bits per heavy atom. The molecule has 0 fully saturated rings. The Balaban J connectivity index is 1.14. The van der Waals surface area contributed by atoms with Crippen LogP contribution in [0.25, 0.3) is 88.0 Å². The third-order valence-electron chi connectivity index (χ3n) is 9.78. The summed E-state index contributed by atoms with van der Waals surface area (Å²) in [6.45, 7) is 0.790. The molecule has 0 bridgehead atoms. The second kappa shape index (κ2) is 11.0. The number of rotatable bonds is 4. The van der Waals surface area contributed by atoms with Crippen molar-refractivity contribution in [3.63, 3.8) is 0 Å². The Morgan fingerprint density at radius 2 is 1.20 bits per heavy atom. The van der Waals surface area contributed by atoms with E-state index in [-0.39, 0.29) is 0 Å². The second-order valence-corrected chi connectivity index (χ2v) is 12.6. The number of pyridine rings is 1. The first-order chi connectivity index (χ1) is 24.3. The maximum atomic E-state index is 5.38. The molecule has 0 saturated heterocycles. The van der Waals surface area contributed by atoms with Gasteiger partial charge < -0.3 is 5.32 Å². The van der Waals surface area contributed by atoms with E-state index in [1.54, 1.807) is 0 Å². The average Bonchev–Trinajstić information content (AvgIpc) is 3.57. The zero-order valence-electron chi connectivity index (χ0n) is 26.6. The average molecular weight is 627 g/mol. The van der Waals surface area contributed by atoms with Crippen LogP contribution in [0.4, 0.5) is 0 Å². The maximum absolute atomic E-state index is 5.38. The van der Waals surface area contributed by atoms with Gasteiger partial charge in [0.2, 0.25) is 0 Å². The largest absolute Gasteiger partial charge is 0.379 e. The number of nitrogens with one attached hydrogen (secondary N) is 1. The molecule has 10 rings (SSSR count). The third-order valence-corrected chi connectivity index (χ3v) is 9.78. The van der Waals surface area contributed by atoms with Gasteiger partial charge in [0.05, 0.1) is 27.8 Å². The van der Waals surface area contributed by atoms with Crippen LogP contribution < -0.4 is 5.32 Å². The number of hydrogen-bond donors (Lipinski definition) is 1. The molecule has 230 valence electrons. The molecule has 1 aliphatic rings. The van der Waals surface area contributed by atoms with E-state index in [0.717, 1.165) is 62.2 Å². The normalized spacial score (nSPS) is 13.0. The SMILES string of the molecule is C1=CCNC(c2nc3ccccc3n2-c2ccc(-c3cccc(-c4c5ccc6ccccc6c5nc5c4ccc4ccccc45)c3)cc2)=C1. The van der Waals surface area contributed by atoms with E-state index in [2.05, 4.69) is 168 Å². The van der Waals surface area contributed by atoms with E-state index in [1.807, 2.05) is 6.07 Å². The molecule has 4 nitrogen and oxygen atoms in total. The van der Waals surface area contributed by atoms with Crippen molar-refractivity contribution in [1.29, 1.82) is 0 Å². The highest BCUT2D eigenvalue weighted by molar-refractivity contribution is 6.21. The van der Waals surface area contributed by atoms with Crippen molar-refractivity contribution in [2.45, 2.75) is 0 Å². The van der Waals surface area contributed by atoms with Gasteiger partial charge in [-0.1, -0.05) is 127 Å². The quantitative estimate of drug-likeness (QED) is 0.156. The maximum Gasteiger partial charge on any atom is 0.161 e. The van der Waals surface area contributed by atoms with Crippen LogP contribution in [-0.2, 0) is 0 Å². The zero-order valence-corrected chi connectivity index (χ0v) is 26.6. The van der Waals surface area contributed by atoms with Gasteiger partial charge in [-0.05, 0) is 63.9 Å². The van der Waals surface area contributed by atoms with Gasteiger partial charge in [-0.3, -0.25) is 4.57 Å². The lowest BCUT2D eigenvalue weighted by Crippen LogP contribution is -2.17. The molecule has 0 saturated carbocycles. The zero-order chi connectivity index (χ0) is 32.3. The van der Waals surface area contributed by atoms with Gasteiger partial charge >= 0.3 is 0 Å². The van der Waals surface area contributed by atoms with Gasteiger partial charge in [-0.2, -0.15) is 0 Å². The summed E-state index contributed by atoms with van der Waals surface area (Å²) in [5.41, 5.74) is 10.9. The molecule has 0 unspecified atom stereocenters. The van der Waals surface area contributed by atoms with E-state index in [4.69, 9.17) is 9.97 Å². The molecule has 7 aromatic carbocycles. The molecular weight excluding hydrogens is 597 g/mol. The Labute approximate surface area is 283 Å². The molecule has 0 radical (unpaired) electrons. The summed E-state index contributed by atoms with van der Waals surface area (Å²) in [5, 5.41) is 10.6. The number of fused-ring (bicyclic) bond motifs is 7. The number of allylic oxidation sites excluding steroid dienone is 2. The monoisotopic (exact) mass is 626 g/mol. The second-order valence-electron chi connectivity index (χ2n) is 12.6. The molecule has 49 heavy (non-hydrogen) atoms. The van der Waals surface area contributed by atoms with Gasteiger partial charge in [0.1, 0.15) is 0 Å². The summed E-state index contributed by atoms with van der Waals surface area (Å²) in [4.78, 5) is 10.4. The lowest BCUT2D eigenvalue weighted by atomic mass is 9.91. The predicted octanol–water partition coefficient (Wildman–Crippen LogP) is 10.9. The van der Waals surface area contributed by atoms with E-state index in [0.29, 0.717) is 0 Å². The summed E-state index contributed by atoms with van der Waals surface area (Å²) < 4.78 is 2.25. The highest BCUT2D eigenvalue weighted by Crippen LogP contribution is 2.41. The van der Waals surface area contributed by atoms with Crippen LogP contribution >= 0.6 is 0 Å². The van der Waals surface area contributed by atoms with Crippen LogP contribution in [0.2, 0.25) is 0 Å². The number of dihydropyridines is 1. The van der Waals surface area contributed by atoms with Crippen LogP contribution in [-0.4, -0.2) is 21.1 Å². The van der Waals surface area contributed by atoms with Crippen LogP contribution in [0.15, 0.2) is 164 Å². The molecule has 3 heterocycles. The van der Waals surface area contributed by atoms with Crippen LogP contribution in [0, 0.1) is 0 Å². The van der Waals surface area contributed by atoms with Crippen molar-refractivity contribution >= 4 is 60.1 Å². The minimum absolute atomic E-state index is 0.790. The van der Waals surface area contributed by atoms with Crippen LogP contribution in [0.1, 0.15) is 5.82 Å². The summed E-state index contributed by atoms with van der Waals surface area (Å²) in [6, 6.07) is 52.2. The highest BCUT2D eigenvalue weighted by Gasteiger charge is 2.18. The number of para-hydroxylation sites is 2. The first kappa shape index (κ1) is 27.6. The van der Waals surface area contributed by atoms with Crippen molar-refractivity contribution in [3.05, 3.63) is 170 Å². The summed E-state index contributed by atoms with van der Waals surface area (Å²) in [5.74, 6) is 0.914. The van der Waals surface area contributed by atoms with Gasteiger partial charge in [0, 0.05) is 39.3 Å². The minimum atomic E-state index is 0.790. The van der Waals surface area contributed by atoms with Gasteiger partial charge in [-0.15, -0.1) is 0 Å². The lowest BCUT2D eigenvalue weighted by molar-refractivity contribution is 0.940. The molecule has 2 aromatic heterocycles. The Kier molecular flexibility index (Phi) is 6.21. The van der Waals surface area contributed by atoms with E-state index < -0.39 is 0 Å². The smallest absolute Gasteiger partial charge is 0.161 e. The van der Waals surface area contributed by atoms with E-state index in [1.165, 1.54) is 38.2 Å². The molecule has 4 heteroatoms. The van der Waals surface area contributed by atoms with Crippen molar-refractivity contribution < 1.29 is 0 Å². The Bertz CT molecular complexity index is 2730. The van der Waals surface area contributed by atoms with Gasteiger partial charge in [-0.25, -0.2) is 9.97 Å². The van der Waals surface area contributed by atoms with Crippen molar-refractivity contribution in [1.82, 2.24) is 19.9 Å². The fourth-order valence-corrected chi connectivity index (χ4v) is 7.46. The standard InChI is InChI=1S/C45H30N4/c1-3-14-35-30(10-1)21-25-37-42(38-26-22-31-11-2-4-15-36(31)44(38)48-43(35)37)33-13-9-12-32(28-33)29-19-23-34(24-20-29)49-41-18-6-5-16-39(41)47-45(49)40-17-7-8-27-46-40/h1-26,28,46H,27H2. The minimum Gasteiger partial charge on any atom is -0.379 e. The number of hydrogen-bond acceptors (Lipinski definition) is 3. The topological polar surface area (TPSA) is 42.7 Å². The van der Waals surface area contributed by atoms with Crippen LogP contribution in [0.3, 0.4) is 0 Å². The Hall–Kier alpha value is -6.52. The van der Waals surface area contributed by atoms with Gasteiger partial charge in [0.15, 0.2) is 5.82 Å². The summed E-state index contributed by atoms with van der Waals surface area (Å²) in [6.07, 6.45) is 6.30. The van der Waals surface area contributed by atoms with Crippen LogP contribution in [0.5, 0.6) is 0 Å². The molecule has 0 atom stereocenters. The fourth-order valence-electron chi connectivity index (χ4n) is 7.46. The highest BCUT2D eigenvalue weighted by atomic mass is 15.1. The molecular formula is C45H30N4. The first-order valence-electron chi connectivity index (χ1n) is 16.7. The number of imidazole rings is 1.